The zero-order valence-corrected chi connectivity index (χ0v) is 18.1. The fourth-order valence-corrected chi connectivity index (χ4v) is 4.29. The second kappa shape index (κ2) is 8.67. The van der Waals surface area contributed by atoms with Crippen molar-refractivity contribution in [2.75, 3.05) is 6.61 Å². The first-order valence-corrected chi connectivity index (χ1v) is 10.6. The van der Waals surface area contributed by atoms with E-state index in [4.69, 9.17) is 4.74 Å². The van der Waals surface area contributed by atoms with Crippen LogP contribution in [0.3, 0.4) is 0 Å². The van der Waals surface area contributed by atoms with Crippen LogP contribution in [0.5, 0.6) is 0 Å². The molecule has 0 N–H and O–H groups in total. The summed E-state index contributed by atoms with van der Waals surface area (Å²) in [5.41, 5.74) is 2.47. The Labute approximate surface area is 184 Å². The number of halogens is 1. The third-order valence-corrected chi connectivity index (χ3v) is 5.67. The molecule has 30 heavy (non-hydrogen) atoms. The minimum atomic E-state index is -0.863. The smallest absolute Gasteiger partial charge is 0.357 e. The number of carbonyl (C=O) groups is 1. The number of nitrogens with zero attached hydrogens (tertiary/aromatic N) is 2. The highest BCUT2D eigenvalue weighted by Gasteiger charge is 2.42. The quantitative estimate of drug-likeness (QED) is 0.275. The molecule has 1 aromatic heterocycles. The zero-order chi connectivity index (χ0) is 21.0. The van der Waals surface area contributed by atoms with Crippen LogP contribution in [0.1, 0.15) is 34.1 Å². The van der Waals surface area contributed by atoms with Gasteiger partial charge in [-0.25, -0.2) is 9.48 Å². The lowest BCUT2D eigenvalue weighted by Crippen LogP contribution is -2.40. The Morgan fingerprint density at radius 3 is 1.70 bits per heavy atom. The van der Waals surface area contributed by atoms with E-state index in [9.17, 15) is 4.79 Å². The van der Waals surface area contributed by atoms with Gasteiger partial charge in [0.2, 0.25) is 0 Å². The summed E-state index contributed by atoms with van der Waals surface area (Å²) in [5.74, 6) is -0.422. The van der Waals surface area contributed by atoms with E-state index in [0.717, 1.165) is 16.7 Å². The number of hydrogen-bond acceptors (Lipinski definition) is 3. The maximum atomic E-state index is 13.0. The number of esters is 1. The van der Waals surface area contributed by atoms with Crippen molar-refractivity contribution in [1.29, 1.82) is 0 Å². The molecule has 1 heterocycles. The summed E-state index contributed by atoms with van der Waals surface area (Å²) in [4.78, 5) is 13.0. The van der Waals surface area contributed by atoms with Gasteiger partial charge in [0, 0.05) is 0 Å². The molecule has 0 fully saturated rings. The van der Waals surface area contributed by atoms with Gasteiger partial charge in [0.05, 0.1) is 17.3 Å². The molecule has 3 aromatic carbocycles. The highest BCUT2D eigenvalue weighted by molar-refractivity contribution is 9.10. The van der Waals surface area contributed by atoms with Gasteiger partial charge in [0.1, 0.15) is 5.54 Å². The molecule has 4 nitrogen and oxygen atoms in total. The molecule has 0 saturated heterocycles. The van der Waals surface area contributed by atoms with Crippen LogP contribution in [0.4, 0.5) is 0 Å². The van der Waals surface area contributed by atoms with Gasteiger partial charge in [0.15, 0.2) is 5.69 Å². The summed E-state index contributed by atoms with van der Waals surface area (Å²) in [6.07, 6.45) is 1.65. The van der Waals surface area contributed by atoms with Crippen molar-refractivity contribution < 1.29 is 9.53 Å². The van der Waals surface area contributed by atoms with Crippen molar-refractivity contribution in [3.8, 4) is 0 Å². The van der Waals surface area contributed by atoms with Crippen molar-refractivity contribution >= 4 is 21.9 Å². The Hall–Kier alpha value is -3.18. The van der Waals surface area contributed by atoms with Crippen molar-refractivity contribution in [2.24, 2.45) is 0 Å². The van der Waals surface area contributed by atoms with Gasteiger partial charge < -0.3 is 4.74 Å². The number of rotatable bonds is 6. The maximum Gasteiger partial charge on any atom is 0.357 e. The first-order chi connectivity index (χ1) is 14.7. The molecule has 0 aliphatic carbocycles. The molecular weight excluding hydrogens is 440 g/mol. The molecule has 0 aliphatic heterocycles. The number of hydrogen-bond donors (Lipinski definition) is 0. The summed E-state index contributed by atoms with van der Waals surface area (Å²) in [6.45, 7) is 2.08. The molecule has 0 atom stereocenters. The molecule has 0 aliphatic rings. The Morgan fingerprint density at radius 2 is 1.30 bits per heavy atom. The van der Waals surface area contributed by atoms with E-state index in [1.54, 1.807) is 17.8 Å². The predicted octanol–water partition coefficient (Wildman–Crippen LogP) is 5.66. The number of ether oxygens (including phenoxy) is 1. The van der Waals surface area contributed by atoms with Gasteiger partial charge in [-0.2, -0.15) is 5.10 Å². The van der Waals surface area contributed by atoms with E-state index in [2.05, 4.69) is 57.4 Å². The molecule has 4 rings (SSSR count). The minimum Gasteiger partial charge on any atom is -0.461 e. The van der Waals surface area contributed by atoms with Crippen LogP contribution in [0.2, 0.25) is 0 Å². The zero-order valence-electron chi connectivity index (χ0n) is 16.5. The van der Waals surface area contributed by atoms with Crippen LogP contribution in [0.15, 0.2) is 102 Å². The topological polar surface area (TPSA) is 44.1 Å². The Kier molecular flexibility index (Phi) is 5.81. The lowest BCUT2D eigenvalue weighted by molar-refractivity contribution is 0.0507. The third-order valence-electron chi connectivity index (χ3n) is 5.09. The number of aromatic nitrogens is 2. The van der Waals surface area contributed by atoms with Crippen LogP contribution in [-0.2, 0) is 10.3 Å². The molecule has 0 saturated carbocycles. The van der Waals surface area contributed by atoms with Gasteiger partial charge in [-0.15, -0.1) is 0 Å². The van der Waals surface area contributed by atoms with Gasteiger partial charge in [-0.3, -0.25) is 0 Å². The minimum absolute atomic E-state index is 0.283. The fraction of sp³-hybridized carbons (Fsp3) is 0.120. The monoisotopic (exact) mass is 460 g/mol. The second-order valence-electron chi connectivity index (χ2n) is 6.78. The van der Waals surface area contributed by atoms with Crippen LogP contribution < -0.4 is 0 Å². The van der Waals surface area contributed by atoms with Crippen LogP contribution in [-0.4, -0.2) is 22.4 Å². The second-order valence-corrected chi connectivity index (χ2v) is 7.64. The molecule has 4 aromatic rings. The predicted molar refractivity (Wildman–Crippen MR) is 120 cm³/mol. The molecule has 0 amide bonds. The fourth-order valence-electron chi connectivity index (χ4n) is 3.87. The first kappa shape index (κ1) is 20.1. The lowest BCUT2D eigenvalue weighted by Gasteiger charge is -2.37. The van der Waals surface area contributed by atoms with E-state index >= 15 is 0 Å². The van der Waals surface area contributed by atoms with Crippen molar-refractivity contribution in [3.05, 3.63) is 124 Å². The highest BCUT2D eigenvalue weighted by Crippen LogP contribution is 2.42. The van der Waals surface area contributed by atoms with Crippen molar-refractivity contribution in [2.45, 2.75) is 12.5 Å². The Morgan fingerprint density at radius 1 is 0.867 bits per heavy atom. The average molecular weight is 461 g/mol. The van der Waals surface area contributed by atoms with E-state index in [1.807, 2.05) is 54.6 Å². The Balaban J connectivity index is 2.14. The van der Waals surface area contributed by atoms with E-state index < -0.39 is 11.5 Å². The molecule has 0 spiro atoms. The van der Waals surface area contributed by atoms with Gasteiger partial charge in [-0.05, 0) is 39.5 Å². The largest absolute Gasteiger partial charge is 0.461 e. The van der Waals surface area contributed by atoms with Crippen LogP contribution in [0.25, 0.3) is 0 Å². The molecule has 5 heteroatoms. The third kappa shape index (κ3) is 3.35. The van der Waals surface area contributed by atoms with Crippen LogP contribution in [0, 0.1) is 0 Å². The van der Waals surface area contributed by atoms with Gasteiger partial charge >= 0.3 is 5.97 Å². The molecule has 150 valence electrons. The van der Waals surface area contributed by atoms with E-state index in [-0.39, 0.29) is 6.61 Å². The van der Waals surface area contributed by atoms with Crippen molar-refractivity contribution in [3.63, 3.8) is 0 Å². The summed E-state index contributed by atoms with van der Waals surface area (Å²) in [5, 5.41) is 4.69. The summed E-state index contributed by atoms with van der Waals surface area (Å²) < 4.78 is 7.74. The molecule has 0 bridgehead atoms. The summed E-state index contributed by atoms with van der Waals surface area (Å²) in [6, 6.07) is 30.3. The molecule has 0 radical (unpaired) electrons. The highest BCUT2D eigenvalue weighted by atomic mass is 79.9. The summed E-state index contributed by atoms with van der Waals surface area (Å²) in [7, 11) is 0. The lowest BCUT2D eigenvalue weighted by atomic mass is 9.77. The van der Waals surface area contributed by atoms with Gasteiger partial charge in [-0.1, -0.05) is 91.0 Å². The standard InChI is InChI=1S/C25H21BrN2O2/c1-2-30-24(29)23-22(26)18-27-28(23)25(19-12-6-3-7-13-19,20-14-8-4-9-15-20)21-16-10-5-11-17-21/h3-18H,2H2,1H3. The van der Waals surface area contributed by atoms with Crippen molar-refractivity contribution in [1.82, 2.24) is 9.78 Å². The van der Waals surface area contributed by atoms with E-state index in [0.29, 0.717) is 10.2 Å². The molecule has 0 unspecified atom stereocenters. The normalized spacial score (nSPS) is 11.3. The number of carbonyl (C=O) groups excluding carboxylic acids is 1. The number of benzene rings is 3. The average Bonchev–Trinajstić information content (AvgIpc) is 3.18. The molecular formula is C25H21BrN2O2. The van der Waals surface area contributed by atoms with Crippen LogP contribution >= 0.6 is 15.9 Å². The van der Waals surface area contributed by atoms with E-state index in [1.165, 1.54) is 0 Å². The summed E-state index contributed by atoms with van der Waals surface area (Å²) >= 11 is 3.51. The first-order valence-electron chi connectivity index (χ1n) is 9.77. The SMILES string of the molecule is CCOC(=O)c1c(Br)cnn1C(c1ccccc1)(c1ccccc1)c1ccccc1. The maximum absolute atomic E-state index is 13.0. The Bertz CT molecular complexity index is 1030. The van der Waals surface area contributed by atoms with Gasteiger partial charge in [0.25, 0.3) is 0 Å².